The van der Waals surface area contributed by atoms with E-state index in [-0.39, 0.29) is 23.3 Å². The fourth-order valence-corrected chi connectivity index (χ4v) is 4.95. The molecule has 0 spiro atoms. The monoisotopic (exact) mass is 427 g/mol. The second-order valence-electron chi connectivity index (χ2n) is 8.85. The number of pyridine rings is 1. The molecule has 2 heterocycles. The first-order chi connectivity index (χ1) is 15.4. The Morgan fingerprint density at radius 1 is 0.938 bits per heavy atom. The molecule has 4 aromatic rings. The Kier molecular flexibility index (Phi) is 5.06. The average molecular weight is 428 g/mol. The molecule has 0 fully saturated rings. The van der Waals surface area contributed by atoms with Crippen LogP contribution >= 0.6 is 0 Å². The zero-order valence-electron chi connectivity index (χ0n) is 18.4. The van der Waals surface area contributed by atoms with Gasteiger partial charge in [-0.2, -0.15) is 0 Å². The second-order valence-corrected chi connectivity index (χ2v) is 8.85. The molecular formula is C27H26FN3O. The van der Waals surface area contributed by atoms with Crippen molar-refractivity contribution in [1.82, 2.24) is 9.88 Å². The van der Waals surface area contributed by atoms with Gasteiger partial charge in [0.25, 0.3) is 5.56 Å². The quantitative estimate of drug-likeness (QED) is 0.462. The molecule has 1 aromatic heterocycles. The standard InChI is InChI=1S/C27H26FN3O/c1-16-23-24(18-11-13-20(28)14-12-18)26(19-9-7-17(8-10-19)15-31(2)3)30-22-6-4-5-21(25(22)23)27(32)29-16/h4-14,24,26,30H,15H2,1-3H3,(H,29,32). The molecule has 32 heavy (non-hydrogen) atoms. The summed E-state index contributed by atoms with van der Waals surface area (Å²) in [6, 6.07) is 21.1. The van der Waals surface area contributed by atoms with Crippen LogP contribution in [0.15, 0.2) is 71.5 Å². The highest BCUT2D eigenvalue weighted by molar-refractivity contribution is 5.98. The van der Waals surface area contributed by atoms with Gasteiger partial charge in [0.1, 0.15) is 5.82 Å². The molecule has 0 saturated carbocycles. The molecule has 1 aliphatic rings. The van der Waals surface area contributed by atoms with Gasteiger partial charge in [-0.25, -0.2) is 4.39 Å². The van der Waals surface area contributed by atoms with Gasteiger partial charge >= 0.3 is 0 Å². The summed E-state index contributed by atoms with van der Waals surface area (Å²) in [7, 11) is 4.12. The summed E-state index contributed by atoms with van der Waals surface area (Å²) < 4.78 is 13.8. The van der Waals surface area contributed by atoms with Crippen LogP contribution in [0.2, 0.25) is 0 Å². The molecule has 2 atom stereocenters. The minimum absolute atomic E-state index is 0.0587. The average Bonchev–Trinajstić information content (AvgIpc) is 2.77. The first-order valence-electron chi connectivity index (χ1n) is 10.8. The van der Waals surface area contributed by atoms with Gasteiger partial charge in [-0.3, -0.25) is 4.79 Å². The number of aromatic nitrogens is 1. The van der Waals surface area contributed by atoms with E-state index in [1.54, 1.807) is 0 Å². The van der Waals surface area contributed by atoms with Crippen LogP contribution in [-0.4, -0.2) is 24.0 Å². The van der Waals surface area contributed by atoms with Crippen molar-refractivity contribution < 1.29 is 4.39 Å². The first kappa shape index (κ1) is 20.5. The third-order valence-corrected chi connectivity index (χ3v) is 6.31. The summed E-state index contributed by atoms with van der Waals surface area (Å²) in [5, 5.41) is 5.32. The van der Waals surface area contributed by atoms with Crippen LogP contribution in [0.4, 0.5) is 10.1 Å². The van der Waals surface area contributed by atoms with Crippen molar-refractivity contribution in [2.75, 3.05) is 19.4 Å². The summed E-state index contributed by atoms with van der Waals surface area (Å²) in [5.41, 5.74) is 6.20. The topological polar surface area (TPSA) is 48.1 Å². The Hall–Kier alpha value is -3.44. The molecule has 0 radical (unpaired) electrons. The predicted octanol–water partition coefficient (Wildman–Crippen LogP) is 5.34. The van der Waals surface area contributed by atoms with E-state index in [2.05, 4.69) is 53.6 Å². The van der Waals surface area contributed by atoms with Crippen LogP contribution in [0.3, 0.4) is 0 Å². The Bertz CT molecular complexity index is 1340. The van der Waals surface area contributed by atoms with Crippen LogP contribution in [0, 0.1) is 12.7 Å². The number of nitrogens with one attached hydrogen (secondary N) is 2. The fraction of sp³-hybridized carbons (Fsp3) is 0.222. The third kappa shape index (κ3) is 3.49. The summed E-state index contributed by atoms with van der Waals surface area (Å²) in [4.78, 5) is 17.9. The predicted molar refractivity (Wildman–Crippen MR) is 128 cm³/mol. The van der Waals surface area contributed by atoms with Crippen molar-refractivity contribution in [2.45, 2.75) is 25.4 Å². The molecule has 1 aliphatic heterocycles. The lowest BCUT2D eigenvalue weighted by Crippen LogP contribution is -2.28. The van der Waals surface area contributed by atoms with Crippen LogP contribution in [-0.2, 0) is 6.54 Å². The van der Waals surface area contributed by atoms with Gasteiger partial charge in [0, 0.05) is 34.6 Å². The number of hydrogen-bond acceptors (Lipinski definition) is 3. The van der Waals surface area contributed by atoms with Gasteiger partial charge in [-0.05, 0) is 67.5 Å². The van der Waals surface area contributed by atoms with Crippen molar-refractivity contribution in [3.05, 3.63) is 111 Å². The number of hydrogen-bond donors (Lipinski definition) is 2. The summed E-state index contributed by atoms with van der Waals surface area (Å²) >= 11 is 0. The summed E-state index contributed by atoms with van der Waals surface area (Å²) in [5.74, 6) is -0.338. The minimum atomic E-state index is -0.258. The first-order valence-corrected chi connectivity index (χ1v) is 10.8. The van der Waals surface area contributed by atoms with Gasteiger partial charge in [0.2, 0.25) is 0 Å². The lowest BCUT2D eigenvalue weighted by Gasteiger charge is -2.37. The Morgan fingerprint density at radius 3 is 2.31 bits per heavy atom. The molecule has 5 heteroatoms. The van der Waals surface area contributed by atoms with Gasteiger partial charge < -0.3 is 15.2 Å². The van der Waals surface area contributed by atoms with E-state index in [0.29, 0.717) is 5.39 Å². The van der Waals surface area contributed by atoms with E-state index in [9.17, 15) is 9.18 Å². The number of aromatic amines is 1. The van der Waals surface area contributed by atoms with Crippen LogP contribution in [0.25, 0.3) is 10.8 Å². The van der Waals surface area contributed by atoms with Crippen molar-refractivity contribution in [1.29, 1.82) is 0 Å². The molecule has 3 aromatic carbocycles. The molecule has 0 amide bonds. The highest BCUT2D eigenvalue weighted by atomic mass is 19.1. The number of halogens is 1. The zero-order valence-corrected chi connectivity index (χ0v) is 18.4. The lowest BCUT2D eigenvalue weighted by atomic mass is 9.76. The molecule has 2 unspecified atom stereocenters. The normalized spacial score (nSPS) is 17.5. The maximum absolute atomic E-state index is 13.8. The van der Waals surface area contributed by atoms with E-state index in [4.69, 9.17) is 0 Å². The largest absolute Gasteiger partial charge is 0.377 e. The number of benzene rings is 3. The molecule has 2 N–H and O–H groups in total. The smallest absolute Gasteiger partial charge is 0.256 e. The summed E-state index contributed by atoms with van der Waals surface area (Å²) in [6.07, 6.45) is 0. The number of aryl methyl sites for hydroxylation is 1. The Balaban J connectivity index is 1.72. The van der Waals surface area contributed by atoms with Crippen LogP contribution in [0.5, 0.6) is 0 Å². The number of nitrogens with zero attached hydrogens (tertiary/aromatic N) is 1. The molecule has 0 aliphatic carbocycles. The van der Waals surface area contributed by atoms with Crippen molar-refractivity contribution in [3.8, 4) is 0 Å². The van der Waals surface area contributed by atoms with Crippen molar-refractivity contribution >= 4 is 16.5 Å². The highest BCUT2D eigenvalue weighted by Gasteiger charge is 2.34. The van der Waals surface area contributed by atoms with E-state index in [1.807, 2.05) is 37.3 Å². The second kappa shape index (κ2) is 7.92. The van der Waals surface area contributed by atoms with Gasteiger partial charge in [-0.15, -0.1) is 0 Å². The molecular weight excluding hydrogens is 401 g/mol. The number of rotatable bonds is 4. The number of anilines is 1. The third-order valence-electron chi connectivity index (χ3n) is 6.31. The fourth-order valence-electron chi connectivity index (χ4n) is 4.95. The van der Waals surface area contributed by atoms with E-state index < -0.39 is 0 Å². The van der Waals surface area contributed by atoms with Crippen molar-refractivity contribution in [3.63, 3.8) is 0 Å². The van der Waals surface area contributed by atoms with Gasteiger partial charge in [0.15, 0.2) is 0 Å². The van der Waals surface area contributed by atoms with Crippen LogP contribution in [0.1, 0.15) is 39.9 Å². The maximum Gasteiger partial charge on any atom is 0.256 e. The molecule has 0 saturated heterocycles. The number of H-pyrrole nitrogens is 1. The molecule has 5 rings (SSSR count). The Morgan fingerprint density at radius 2 is 1.62 bits per heavy atom. The van der Waals surface area contributed by atoms with Gasteiger partial charge in [0.05, 0.1) is 6.04 Å². The summed E-state index contributed by atoms with van der Waals surface area (Å²) in [6.45, 7) is 2.83. The molecule has 0 bridgehead atoms. The van der Waals surface area contributed by atoms with Gasteiger partial charge in [-0.1, -0.05) is 42.5 Å². The highest BCUT2D eigenvalue weighted by Crippen LogP contribution is 2.48. The molecule has 4 nitrogen and oxygen atoms in total. The van der Waals surface area contributed by atoms with Crippen molar-refractivity contribution in [2.24, 2.45) is 0 Å². The molecule has 162 valence electrons. The van der Waals surface area contributed by atoms with Crippen LogP contribution < -0.4 is 10.9 Å². The Labute approximate surface area is 186 Å². The van der Waals surface area contributed by atoms with E-state index in [0.717, 1.165) is 40.0 Å². The maximum atomic E-state index is 13.8. The van der Waals surface area contributed by atoms with E-state index >= 15 is 0 Å². The minimum Gasteiger partial charge on any atom is -0.377 e. The zero-order chi connectivity index (χ0) is 22.4. The SMILES string of the molecule is Cc1[nH]c(=O)c2cccc3c2c1C(c1ccc(F)cc1)C(c1ccc(CN(C)C)cc1)N3. The van der Waals surface area contributed by atoms with E-state index in [1.165, 1.54) is 17.7 Å². The lowest BCUT2D eigenvalue weighted by molar-refractivity contribution is 0.402.